The summed E-state index contributed by atoms with van der Waals surface area (Å²) in [5, 5.41) is 13.5. The van der Waals surface area contributed by atoms with Crippen LogP contribution in [0.25, 0.3) is 0 Å². The molecule has 2 N–H and O–H groups in total. The van der Waals surface area contributed by atoms with Gasteiger partial charge in [0, 0.05) is 26.6 Å². The summed E-state index contributed by atoms with van der Waals surface area (Å²) in [6, 6.07) is 20.3. The van der Waals surface area contributed by atoms with E-state index in [9.17, 15) is 5.11 Å². The molecule has 0 radical (unpaired) electrons. The third kappa shape index (κ3) is 6.05. The molecular formula is C20H27N3O. The van der Waals surface area contributed by atoms with Crippen LogP contribution in [0.5, 0.6) is 0 Å². The lowest BCUT2D eigenvalue weighted by Crippen LogP contribution is -2.39. The minimum atomic E-state index is -0.480. The lowest BCUT2D eigenvalue weighted by Gasteiger charge is -2.22. The quantitative estimate of drug-likeness (QED) is 0.608. The van der Waals surface area contributed by atoms with E-state index in [0.717, 1.165) is 24.6 Å². The van der Waals surface area contributed by atoms with E-state index < -0.39 is 6.10 Å². The molecule has 0 saturated carbocycles. The molecule has 0 saturated heterocycles. The molecule has 24 heavy (non-hydrogen) atoms. The highest BCUT2D eigenvalue weighted by Gasteiger charge is 2.09. The van der Waals surface area contributed by atoms with Crippen molar-refractivity contribution in [2.75, 3.05) is 20.1 Å². The third-order valence-electron chi connectivity index (χ3n) is 3.72. The van der Waals surface area contributed by atoms with Gasteiger partial charge in [-0.25, -0.2) is 0 Å². The van der Waals surface area contributed by atoms with E-state index in [2.05, 4.69) is 27.3 Å². The van der Waals surface area contributed by atoms with Gasteiger partial charge in [0.1, 0.15) is 0 Å². The first kappa shape index (κ1) is 18.0. The van der Waals surface area contributed by atoms with Gasteiger partial charge in [0.15, 0.2) is 5.96 Å². The first-order valence-electron chi connectivity index (χ1n) is 8.44. The molecule has 4 nitrogen and oxygen atoms in total. The van der Waals surface area contributed by atoms with E-state index in [1.807, 2.05) is 62.5 Å². The van der Waals surface area contributed by atoms with Gasteiger partial charge in [0.25, 0.3) is 0 Å². The molecule has 2 aromatic rings. The Morgan fingerprint density at radius 2 is 1.62 bits per heavy atom. The number of hydrogen-bond acceptors (Lipinski definition) is 2. The van der Waals surface area contributed by atoms with Crippen molar-refractivity contribution >= 4 is 5.96 Å². The number of nitrogens with one attached hydrogen (secondary N) is 1. The Morgan fingerprint density at radius 1 is 1.04 bits per heavy atom. The Morgan fingerprint density at radius 3 is 2.21 bits per heavy atom. The van der Waals surface area contributed by atoms with Gasteiger partial charge in [-0.1, -0.05) is 60.7 Å². The number of guanidine groups is 1. The highest BCUT2D eigenvalue weighted by atomic mass is 16.3. The number of hydrogen-bond donors (Lipinski definition) is 2. The maximum Gasteiger partial charge on any atom is 0.194 e. The fourth-order valence-corrected chi connectivity index (χ4v) is 2.54. The minimum absolute atomic E-state index is 0.385. The van der Waals surface area contributed by atoms with Gasteiger partial charge in [0.2, 0.25) is 0 Å². The molecule has 1 unspecified atom stereocenters. The molecule has 0 aliphatic carbocycles. The molecule has 0 spiro atoms. The summed E-state index contributed by atoms with van der Waals surface area (Å²) < 4.78 is 0. The molecule has 0 aliphatic heterocycles. The van der Waals surface area contributed by atoms with Crippen LogP contribution in [0.4, 0.5) is 0 Å². The first-order valence-corrected chi connectivity index (χ1v) is 8.44. The highest BCUT2D eigenvalue weighted by Crippen LogP contribution is 2.05. The SMILES string of the molecule is CCNC(=NCC(O)Cc1ccccc1)N(C)Cc1ccccc1. The fourth-order valence-electron chi connectivity index (χ4n) is 2.54. The smallest absolute Gasteiger partial charge is 0.194 e. The molecule has 2 rings (SSSR count). The monoisotopic (exact) mass is 325 g/mol. The third-order valence-corrected chi connectivity index (χ3v) is 3.72. The predicted octanol–water partition coefficient (Wildman–Crippen LogP) is 2.69. The van der Waals surface area contributed by atoms with Crippen molar-refractivity contribution in [2.24, 2.45) is 4.99 Å². The molecule has 0 amide bonds. The first-order chi connectivity index (χ1) is 11.7. The van der Waals surface area contributed by atoms with Crippen LogP contribution in [0.15, 0.2) is 65.7 Å². The van der Waals surface area contributed by atoms with Gasteiger partial charge < -0.3 is 15.3 Å². The van der Waals surface area contributed by atoms with Gasteiger partial charge >= 0.3 is 0 Å². The van der Waals surface area contributed by atoms with Crippen molar-refractivity contribution in [1.82, 2.24) is 10.2 Å². The second kappa shape index (κ2) is 9.73. The normalized spacial score (nSPS) is 12.7. The average molecular weight is 325 g/mol. The van der Waals surface area contributed by atoms with Crippen LogP contribution in [0.3, 0.4) is 0 Å². The number of aliphatic imine (C=N–C) groups is 1. The van der Waals surface area contributed by atoms with Crippen LogP contribution < -0.4 is 5.32 Å². The number of aliphatic hydroxyl groups excluding tert-OH is 1. The molecular weight excluding hydrogens is 298 g/mol. The van der Waals surface area contributed by atoms with Crippen LogP contribution in [0.1, 0.15) is 18.1 Å². The summed E-state index contributed by atoms with van der Waals surface area (Å²) >= 11 is 0. The topological polar surface area (TPSA) is 47.9 Å². The van der Waals surface area contributed by atoms with Gasteiger partial charge in [-0.2, -0.15) is 0 Å². The second-order valence-electron chi connectivity index (χ2n) is 5.88. The molecule has 0 aromatic heterocycles. The van der Waals surface area contributed by atoms with Gasteiger partial charge in [-0.3, -0.25) is 4.99 Å². The van der Waals surface area contributed by atoms with Crippen LogP contribution in [0, 0.1) is 0 Å². The molecule has 1 atom stereocenters. The van der Waals surface area contributed by atoms with Gasteiger partial charge in [-0.15, -0.1) is 0 Å². The van der Waals surface area contributed by atoms with Crippen LogP contribution in [-0.4, -0.2) is 42.2 Å². The Labute approximate surface area is 144 Å². The lowest BCUT2D eigenvalue weighted by molar-refractivity contribution is 0.183. The Hall–Kier alpha value is -2.33. The van der Waals surface area contributed by atoms with Crippen LogP contribution in [-0.2, 0) is 13.0 Å². The molecule has 4 heteroatoms. The minimum Gasteiger partial charge on any atom is -0.391 e. The summed E-state index contributed by atoms with van der Waals surface area (Å²) in [5.74, 6) is 0.813. The largest absolute Gasteiger partial charge is 0.391 e. The van der Waals surface area contributed by atoms with Crippen molar-refractivity contribution in [3.63, 3.8) is 0 Å². The standard InChI is InChI=1S/C20H27N3O/c1-3-21-20(23(2)16-18-12-8-5-9-13-18)22-15-19(24)14-17-10-6-4-7-11-17/h4-13,19,24H,3,14-16H2,1-2H3,(H,21,22). The predicted molar refractivity (Wildman–Crippen MR) is 100 cm³/mol. The van der Waals surface area contributed by atoms with E-state index in [0.29, 0.717) is 13.0 Å². The van der Waals surface area contributed by atoms with E-state index in [1.54, 1.807) is 0 Å². The number of benzene rings is 2. The lowest BCUT2D eigenvalue weighted by atomic mass is 10.1. The summed E-state index contributed by atoms with van der Waals surface area (Å²) in [6.45, 7) is 4.01. The molecule has 0 heterocycles. The zero-order chi connectivity index (χ0) is 17.2. The zero-order valence-corrected chi connectivity index (χ0v) is 14.5. The van der Waals surface area contributed by atoms with Crippen LogP contribution >= 0.6 is 0 Å². The van der Waals surface area contributed by atoms with Crippen molar-refractivity contribution < 1.29 is 5.11 Å². The Kier molecular flexibility index (Phi) is 7.30. The number of aliphatic hydroxyl groups is 1. The van der Waals surface area contributed by atoms with Gasteiger partial charge in [-0.05, 0) is 18.1 Å². The molecule has 0 bridgehead atoms. The maximum atomic E-state index is 10.2. The van der Waals surface area contributed by atoms with E-state index in [-0.39, 0.29) is 0 Å². The van der Waals surface area contributed by atoms with E-state index >= 15 is 0 Å². The summed E-state index contributed by atoms with van der Waals surface area (Å²) in [4.78, 5) is 6.66. The second-order valence-corrected chi connectivity index (χ2v) is 5.88. The van der Waals surface area contributed by atoms with Crippen molar-refractivity contribution in [3.05, 3.63) is 71.8 Å². The highest BCUT2D eigenvalue weighted by molar-refractivity contribution is 5.79. The molecule has 0 aliphatic rings. The molecule has 0 fully saturated rings. The van der Waals surface area contributed by atoms with Gasteiger partial charge in [0.05, 0.1) is 12.6 Å². The summed E-state index contributed by atoms with van der Waals surface area (Å²) in [6.07, 6.45) is 0.137. The number of nitrogens with zero attached hydrogens (tertiary/aromatic N) is 2. The van der Waals surface area contributed by atoms with Crippen molar-refractivity contribution in [3.8, 4) is 0 Å². The fraction of sp³-hybridized carbons (Fsp3) is 0.350. The molecule has 128 valence electrons. The van der Waals surface area contributed by atoms with E-state index in [1.165, 1.54) is 5.56 Å². The number of rotatable bonds is 7. The van der Waals surface area contributed by atoms with Crippen molar-refractivity contribution in [1.29, 1.82) is 0 Å². The van der Waals surface area contributed by atoms with E-state index in [4.69, 9.17) is 0 Å². The van der Waals surface area contributed by atoms with Crippen molar-refractivity contribution in [2.45, 2.75) is 26.0 Å². The summed E-state index contributed by atoms with van der Waals surface area (Å²) in [7, 11) is 2.01. The Bertz CT molecular complexity index is 613. The zero-order valence-electron chi connectivity index (χ0n) is 14.5. The maximum absolute atomic E-state index is 10.2. The summed E-state index contributed by atoms with van der Waals surface area (Å²) in [5.41, 5.74) is 2.36. The molecule has 2 aromatic carbocycles. The Balaban J connectivity index is 1.94. The average Bonchev–Trinajstić information content (AvgIpc) is 2.60. The van der Waals surface area contributed by atoms with Crippen LogP contribution in [0.2, 0.25) is 0 Å².